The number of rotatable bonds is 7. The Labute approximate surface area is 166 Å². The molecule has 5 nitrogen and oxygen atoms in total. The van der Waals surface area contributed by atoms with E-state index >= 15 is 0 Å². The number of guanidine groups is 1. The van der Waals surface area contributed by atoms with Crippen molar-refractivity contribution >= 4 is 29.9 Å². The van der Waals surface area contributed by atoms with Gasteiger partial charge in [-0.3, -0.25) is 9.79 Å². The van der Waals surface area contributed by atoms with Gasteiger partial charge < -0.3 is 14.8 Å². The van der Waals surface area contributed by atoms with Crippen LogP contribution >= 0.6 is 24.0 Å². The number of hydrogen-bond acceptors (Lipinski definition) is 2. The van der Waals surface area contributed by atoms with Crippen LogP contribution in [0.4, 0.5) is 0 Å². The van der Waals surface area contributed by atoms with Crippen molar-refractivity contribution in [1.82, 2.24) is 14.8 Å². The molecule has 1 N–H and O–H groups in total. The van der Waals surface area contributed by atoms with Crippen molar-refractivity contribution in [2.24, 2.45) is 4.99 Å². The van der Waals surface area contributed by atoms with Crippen LogP contribution in [0.25, 0.3) is 0 Å². The molecule has 2 rings (SSSR count). The van der Waals surface area contributed by atoms with E-state index in [0.717, 1.165) is 38.4 Å². The fourth-order valence-electron chi connectivity index (χ4n) is 2.57. The summed E-state index contributed by atoms with van der Waals surface area (Å²) in [7, 11) is 3.83. The lowest BCUT2D eigenvalue weighted by Crippen LogP contribution is -2.38. The fraction of sp³-hybridized carbons (Fsp3) is 0.368. The molecule has 0 atom stereocenters. The summed E-state index contributed by atoms with van der Waals surface area (Å²) in [4.78, 5) is 18.1. The third-order valence-electron chi connectivity index (χ3n) is 3.84. The van der Waals surface area contributed by atoms with Gasteiger partial charge in [-0.2, -0.15) is 0 Å². The summed E-state index contributed by atoms with van der Waals surface area (Å²) in [5, 5.41) is 3.38. The lowest BCUT2D eigenvalue weighted by molar-refractivity contribution is 0.473. The van der Waals surface area contributed by atoms with Gasteiger partial charge in [-0.1, -0.05) is 36.4 Å². The predicted octanol–water partition coefficient (Wildman–Crippen LogP) is 2.95. The average Bonchev–Trinajstić information content (AvgIpc) is 2.60. The van der Waals surface area contributed by atoms with Crippen LogP contribution in [0.2, 0.25) is 0 Å². The third-order valence-corrected chi connectivity index (χ3v) is 3.84. The van der Waals surface area contributed by atoms with Gasteiger partial charge in [0, 0.05) is 46.0 Å². The summed E-state index contributed by atoms with van der Waals surface area (Å²) in [6.07, 6.45) is 3.78. The maximum atomic E-state index is 11.6. The molecule has 0 aliphatic rings. The monoisotopic (exact) mass is 454 g/mol. The topological polar surface area (TPSA) is 49.6 Å². The lowest BCUT2D eigenvalue weighted by atomic mass is 10.2. The number of aliphatic imine (C=N–C) groups is 1. The van der Waals surface area contributed by atoms with Gasteiger partial charge in [0.2, 0.25) is 5.56 Å². The van der Waals surface area contributed by atoms with Crippen molar-refractivity contribution in [2.45, 2.75) is 25.9 Å². The van der Waals surface area contributed by atoms with E-state index < -0.39 is 0 Å². The molecule has 1 aromatic carbocycles. The third kappa shape index (κ3) is 7.29. The molecule has 2 aromatic rings. The van der Waals surface area contributed by atoms with Crippen LogP contribution < -0.4 is 10.9 Å². The summed E-state index contributed by atoms with van der Waals surface area (Å²) in [6, 6.07) is 15.6. The molecule has 0 aliphatic heterocycles. The molecule has 0 aliphatic carbocycles. The van der Waals surface area contributed by atoms with Gasteiger partial charge in [0.1, 0.15) is 0 Å². The SMILES string of the molecule is CN=C(NCCCCn1ccccc1=O)N(C)Cc1ccccc1.I. The maximum Gasteiger partial charge on any atom is 0.250 e. The molecule has 0 amide bonds. The molecule has 136 valence electrons. The first-order valence-corrected chi connectivity index (χ1v) is 8.32. The van der Waals surface area contributed by atoms with E-state index in [1.807, 2.05) is 37.5 Å². The van der Waals surface area contributed by atoms with E-state index in [1.54, 1.807) is 23.7 Å². The van der Waals surface area contributed by atoms with Crippen LogP contribution in [0.3, 0.4) is 0 Å². The van der Waals surface area contributed by atoms with E-state index in [2.05, 4.69) is 27.3 Å². The second kappa shape index (κ2) is 11.7. The molecular formula is C19H27IN4O. The van der Waals surface area contributed by atoms with Crippen molar-refractivity contribution in [1.29, 1.82) is 0 Å². The molecule has 0 spiro atoms. The first-order valence-electron chi connectivity index (χ1n) is 8.32. The highest BCUT2D eigenvalue weighted by Crippen LogP contribution is 2.02. The molecule has 0 saturated heterocycles. The molecule has 0 saturated carbocycles. The van der Waals surface area contributed by atoms with Crippen LogP contribution in [0.15, 0.2) is 64.5 Å². The highest BCUT2D eigenvalue weighted by molar-refractivity contribution is 14.0. The normalized spacial score (nSPS) is 10.9. The molecule has 25 heavy (non-hydrogen) atoms. The Hall–Kier alpha value is -1.83. The highest BCUT2D eigenvalue weighted by Gasteiger charge is 2.05. The number of unbranched alkanes of at least 4 members (excludes halogenated alkanes) is 1. The number of halogens is 1. The summed E-state index contributed by atoms with van der Waals surface area (Å²) in [6.45, 7) is 2.41. The lowest BCUT2D eigenvalue weighted by Gasteiger charge is -2.22. The van der Waals surface area contributed by atoms with Crippen molar-refractivity contribution in [3.05, 3.63) is 70.6 Å². The largest absolute Gasteiger partial charge is 0.356 e. The first-order chi connectivity index (χ1) is 11.7. The fourth-order valence-corrected chi connectivity index (χ4v) is 2.57. The Morgan fingerprint density at radius 1 is 1.12 bits per heavy atom. The minimum Gasteiger partial charge on any atom is -0.356 e. The minimum atomic E-state index is 0. The predicted molar refractivity (Wildman–Crippen MR) is 115 cm³/mol. The summed E-state index contributed by atoms with van der Waals surface area (Å²) < 4.78 is 1.75. The van der Waals surface area contributed by atoms with Gasteiger partial charge in [-0.15, -0.1) is 24.0 Å². The summed E-state index contributed by atoms with van der Waals surface area (Å²) in [5.41, 5.74) is 1.32. The number of nitrogens with zero attached hydrogens (tertiary/aromatic N) is 3. The van der Waals surface area contributed by atoms with Gasteiger partial charge >= 0.3 is 0 Å². The molecule has 0 unspecified atom stereocenters. The van der Waals surface area contributed by atoms with Crippen LogP contribution in [-0.2, 0) is 13.1 Å². The Kier molecular flexibility index (Phi) is 9.91. The molecule has 1 heterocycles. The molecule has 0 bridgehead atoms. The number of aryl methyl sites for hydroxylation is 1. The average molecular weight is 454 g/mol. The minimum absolute atomic E-state index is 0. The Morgan fingerprint density at radius 3 is 2.52 bits per heavy atom. The van der Waals surface area contributed by atoms with E-state index in [-0.39, 0.29) is 29.5 Å². The van der Waals surface area contributed by atoms with Gasteiger partial charge in [0.25, 0.3) is 0 Å². The van der Waals surface area contributed by atoms with Crippen LogP contribution in [-0.4, -0.2) is 36.1 Å². The van der Waals surface area contributed by atoms with Gasteiger partial charge in [0.15, 0.2) is 5.96 Å². The molecule has 0 fully saturated rings. The van der Waals surface area contributed by atoms with E-state index in [0.29, 0.717) is 0 Å². The van der Waals surface area contributed by atoms with E-state index in [9.17, 15) is 4.79 Å². The molecule has 1 aromatic heterocycles. The quantitative estimate of drug-likeness (QED) is 0.303. The summed E-state index contributed by atoms with van der Waals surface area (Å²) in [5.74, 6) is 0.885. The number of hydrogen-bond donors (Lipinski definition) is 1. The second-order valence-electron chi connectivity index (χ2n) is 5.76. The zero-order valence-electron chi connectivity index (χ0n) is 14.9. The van der Waals surface area contributed by atoms with Crippen LogP contribution in [0.5, 0.6) is 0 Å². The van der Waals surface area contributed by atoms with Gasteiger partial charge in [-0.05, 0) is 24.5 Å². The highest BCUT2D eigenvalue weighted by atomic mass is 127. The van der Waals surface area contributed by atoms with Crippen molar-refractivity contribution in [3.8, 4) is 0 Å². The van der Waals surface area contributed by atoms with Crippen molar-refractivity contribution < 1.29 is 0 Å². The molecular weight excluding hydrogens is 427 g/mol. The molecule has 0 radical (unpaired) electrons. The Bertz CT molecular complexity index is 700. The first kappa shape index (κ1) is 21.2. The number of benzene rings is 1. The van der Waals surface area contributed by atoms with Crippen LogP contribution in [0, 0.1) is 0 Å². The standard InChI is InChI=1S/C19H26N4O.HI/c1-20-19(22(2)16-17-10-4-3-5-11-17)21-13-7-9-15-23-14-8-6-12-18(23)24;/h3-6,8,10-12,14H,7,9,13,15-16H2,1-2H3,(H,20,21);1H. The smallest absolute Gasteiger partial charge is 0.250 e. The Balaban J connectivity index is 0.00000312. The zero-order valence-corrected chi connectivity index (χ0v) is 17.2. The number of pyridine rings is 1. The van der Waals surface area contributed by atoms with Crippen molar-refractivity contribution in [2.75, 3.05) is 20.6 Å². The maximum absolute atomic E-state index is 11.6. The van der Waals surface area contributed by atoms with E-state index in [1.165, 1.54) is 5.56 Å². The van der Waals surface area contributed by atoms with Gasteiger partial charge in [-0.25, -0.2) is 0 Å². The Morgan fingerprint density at radius 2 is 1.84 bits per heavy atom. The number of nitrogens with one attached hydrogen (secondary N) is 1. The summed E-state index contributed by atoms with van der Waals surface area (Å²) >= 11 is 0. The number of aromatic nitrogens is 1. The zero-order chi connectivity index (χ0) is 17.2. The van der Waals surface area contributed by atoms with Crippen molar-refractivity contribution in [3.63, 3.8) is 0 Å². The van der Waals surface area contributed by atoms with Gasteiger partial charge in [0.05, 0.1) is 0 Å². The van der Waals surface area contributed by atoms with E-state index in [4.69, 9.17) is 0 Å². The second-order valence-corrected chi connectivity index (χ2v) is 5.76. The van der Waals surface area contributed by atoms with Crippen LogP contribution in [0.1, 0.15) is 18.4 Å². The molecule has 6 heteroatoms.